The number of methoxy groups -OCH3 is 2. The molecular formula is C15H11BrClFO3. The van der Waals surface area contributed by atoms with E-state index in [1.807, 2.05) is 0 Å². The van der Waals surface area contributed by atoms with Crippen molar-refractivity contribution in [3.63, 3.8) is 0 Å². The van der Waals surface area contributed by atoms with Crippen molar-refractivity contribution in [2.24, 2.45) is 0 Å². The molecule has 0 spiro atoms. The van der Waals surface area contributed by atoms with Crippen LogP contribution in [0, 0.1) is 5.82 Å². The predicted octanol–water partition coefficient (Wildman–Crippen LogP) is 4.49. The van der Waals surface area contributed by atoms with Gasteiger partial charge in [0.05, 0.1) is 23.7 Å². The Morgan fingerprint density at radius 2 is 1.76 bits per heavy atom. The minimum Gasteiger partial charge on any atom is -0.493 e. The van der Waals surface area contributed by atoms with Crippen LogP contribution >= 0.6 is 27.5 Å². The number of carbonyl (C=O) groups is 1. The van der Waals surface area contributed by atoms with E-state index in [1.54, 1.807) is 0 Å². The van der Waals surface area contributed by atoms with Crippen LogP contribution in [0.4, 0.5) is 4.39 Å². The zero-order valence-corrected chi connectivity index (χ0v) is 13.6. The minimum absolute atomic E-state index is 0.199. The van der Waals surface area contributed by atoms with E-state index < -0.39 is 11.6 Å². The van der Waals surface area contributed by atoms with Gasteiger partial charge >= 0.3 is 0 Å². The van der Waals surface area contributed by atoms with Gasteiger partial charge in [0.15, 0.2) is 17.3 Å². The van der Waals surface area contributed by atoms with E-state index >= 15 is 0 Å². The van der Waals surface area contributed by atoms with E-state index in [4.69, 9.17) is 21.1 Å². The van der Waals surface area contributed by atoms with Crippen LogP contribution < -0.4 is 9.47 Å². The van der Waals surface area contributed by atoms with Crippen LogP contribution in [-0.2, 0) is 0 Å². The van der Waals surface area contributed by atoms with Gasteiger partial charge in [0.1, 0.15) is 5.82 Å². The van der Waals surface area contributed by atoms with Gasteiger partial charge in [-0.05, 0) is 40.2 Å². The maximum atomic E-state index is 13.5. The molecule has 6 heteroatoms. The third-order valence-corrected chi connectivity index (χ3v) is 3.86. The Morgan fingerprint density at radius 3 is 2.33 bits per heavy atom. The first-order valence-electron chi connectivity index (χ1n) is 5.89. The smallest absolute Gasteiger partial charge is 0.194 e. The van der Waals surface area contributed by atoms with E-state index in [9.17, 15) is 9.18 Å². The van der Waals surface area contributed by atoms with Gasteiger partial charge in [0.25, 0.3) is 0 Å². The average molecular weight is 374 g/mol. The molecule has 0 radical (unpaired) electrons. The Kier molecular flexibility index (Phi) is 4.85. The van der Waals surface area contributed by atoms with Gasteiger partial charge in [-0.3, -0.25) is 4.79 Å². The van der Waals surface area contributed by atoms with E-state index in [0.29, 0.717) is 11.5 Å². The van der Waals surface area contributed by atoms with Gasteiger partial charge in [0.2, 0.25) is 0 Å². The van der Waals surface area contributed by atoms with Gasteiger partial charge < -0.3 is 9.47 Å². The largest absolute Gasteiger partial charge is 0.493 e. The van der Waals surface area contributed by atoms with Crippen LogP contribution in [0.15, 0.2) is 34.8 Å². The Labute approximate surface area is 134 Å². The number of hydrogen-bond acceptors (Lipinski definition) is 3. The molecule has 0 fully saturated rings. The van der Waals surface area contributed by atoms with E-state index in [1.165, 1.54) is 38.5 Å². The van der Waals surface area contributed by atoms with Crippen LogP contribution in [0.25, 0.3) is 0 Å². The lowest BCUT2D eigenvalue weighted by atomic mass is 10.0. The quantitative estimate of drug-likeness (QED) is 0.741. The molecule has 3 nitrogen and oxygen atoms in total. The van der Waals surface area contributed by atoms with Crippen LogP contribution in [0.3, 0.4) is 0 Å². The van der Waals surface area contributed by atoms with Crippen molar-refractivity contribution in [2.75, 3.05) is 14.2 Å². The highest BCUT2D eigenvalue weighted by Gasteiger charge is 2.18. The highest BCUT2D eigenvalue weighted by atomic mass is 79.9. The molecule has 2 aromatic rings. The van der Waals surface area contributed by atoms with Crippen molar-refractivity contribution >= 4 is 33.3 Å². The summed E-state index contributed by atoms with van der Waals surface area (Å²) in [7, 11) is 2.93. The van der Waals surface area contributed by atoms with E-state index in [0.717, 1.165) is 6.07 Å². The summed E-state index contributed by atoms with van der Waals surface area (Å²) in [4.78, 5) is 12.4. The minimum atomic E-state index is -0.516. The monoisotopic (exact) mass is 372 g/mol. The summed E-state index contributed by atoms with van der Waals surface area (Å²) >= 11 is 9.14. The molecule has 0 amide bonds. The molecule has 0 atom stereocenters. The highest BCUT2D eigenvalue weighted by Crippen LogP contribution is 2.34. The maximum Gasteiger partial charge on any atom is 0.194 e. The summed E-state index contributed by atoms with van der Waals surface area (Å²) in [5.74, 6) is -0.117. The van der Waals surface area contributed by atoms with Crippen molar-refractivity contribution in [2.45, 2.75) is 0 Å². The van der Waals surface area contributed by atoms with Crippen molar-refractivity contribution < 1.29 is 18.7 Å². The fourth-order valence-corrected chi connectivity index (χ4v) is 2.31. The second kappa shape index (κ2) is 6.45. The summed E-state index contributed by atoms with van der Waals surface area (Å²) < 4.78 is 24.1. The normalized spacial score (nSPS) is 10.3. The number of ether oxygens (including phenoxy) is 2. The first kappa shape index (κ1) is 15.8. The van der Waals surface area contributed by atoms with E-state index in [2.05, 4.69) is 15.9 Å². The Bertz CT molecular complexity index is 704. The fraction of sp³-hybridized carbons (Fsp3) is 0.133. The molecule has 0 heterocycles. The summed E-state index contributed by atoms with van der Waals surface area (Å²) in [5, 5.41) is 0.209. The molecule has 2 aromatic carbocycles. The molecule has 0 aliphatic rings. The maximum absolute atomic E-state index is 13.5. The third kappa shape index (κ3) is 3.19. The van der Waals surface area contributed by atoms with Crippen LogP contribution in [-0.4, -0.2) is 20.0 Å². The molecule has 0 saturated carbocycles. The summed E-state index contributed by atoms with van der Waals surface area (Å²) in [6.45, 7) is 0. The topological polar surface area (TPSA) is 35.5 Å². The molecule has 0 aliphatic carbocycles. The van der Waals surface area contributed by atoms with Crippen molar-refractivity contribution in [3.05, 3.63) is 56.8 Å². The summed E-state index contributed by atoms with van der Waals surface area (Å²) in [5.41, 5.74) is 0.417. The van der Waals surface area contributed by atoms with Crippen LogP contribution in [0.2, 0.25) is 5.02 Å². The Morgan fingerprint density at radius 1 is 1.14 bits per heavy atom. The zero-order valence-electron chi connectivity index (χ0n) is 11.2. The average Bonchev–Trinajstić information content (AvgIpc) is 2.49. The number of carbonyl (C=O) groups excluding carboxylic acids is 1. The molecule has 0 aromatic heterocycles. The van der Waals surface area contributed by atoms with Gasteiger partial charge in [-0.2, -0.15) is 0 Å². The number of halogens is 3. The zero-order chi connectivity index (χ0) is 15.6. The van der Waals surface area contributed by atoms with Crippen LogP contribution in [0.5, 0.6) is 11.5 Å². The first-order chi connectivity index (χ1) is 9.97. The van der Waals surface area contributed by atoms with Crippen molar-refractivity contribution in [1.82, 2.24) is 0 Å². The Hall–Kier alpha value is -1.59. The number of hydrogen-bond donors (Lipinski definition) is 0. The van der Waals surface area contributed by atoms with Crippen molar-refractivity contribution in [3.8, 4) is 11.5 Å². The number of ketones is 1. The lowest BCUT2D eigenvalue weighted by molar-refractivity contribution is 0.103. The molecule has 0 aliphatic heterocycles. The van der Waals surface area contributed by atoms with Gasteiger partial charge in [0, 0.05) is 17.2 Å². The highest BCUT2D eigenvalue weighted by molar-refractivity contribution is 9.10. The third-order valence-electron chi connectivity index (χ3n) is 2.90. The first-order valence-corrected chi connectivity index (χ1v) is 7.06. The molecule has 0 N–H and O–H groups in total. The molecule has 0 saturated heterocycles. The summed E-state index contributed by atoms with van der Waals surface area (Å²) in [6.07, 6.45) is 0. The fourth-order valence-electron chi connectivity index (χ4n) is 1.82. The van der Waals surface area contributed by atoms with Crippen LogP contribution in [0.1, 0.15) is 15.9 Å². The van der Waals surface area contributed by atoms with Gasteiger partial charge in [-0.25, -0.2) is 4.39 Å². The molecule has 0 bridgehead atoms. The summed E-state index contributed by atoms with van der Waals surface area (Å²) in [6, 6.07) is 7.10. The lowest BCUT2D eigenvalue weighted by Crippen LogP contribution is -2.04. The Balaban J connectivity index is 2.50. The molecule has 110 valence electrons. The SMILES string of the molecule is COc1cc(Cl)c(C(=O)c2ccc(Br)c(F)c2)cc1OC. The number of rotatable bonds is 4. The predicted molar refractivity (Wildman–Crippen MR) is 82.1 cm³/mol. The number of benzene rings is 2. The standard InChI is InChI=1S/C15H11BrClFO3/c1-20-13-6-9(11(17)7-14(13)21-2)15(19)8-3-4-10(16)12(18)5-8/h3-7H,1-2H3. The van der Waals surface area contributed by atoms with E-state index in [-0.39, 0.29) is 20.6 Å². The van der Waals surface area contributed by atoms with Gasteiger partial charge in [-0.15, -0.1) is 0 Å². The van der Waals surface area contributed by atoms with Crippen molar-refractivity contribution in [1.29, 1.82) is 0 Å². The molecule has 2 rings (SSSR count). The van der Waals surface area contributed by atoms with Gasteiger partial charge in [-0.1, -0.05) is 11.6 Å². The molecular weight excluding hydrogens is 363 g/mol. The second-order valence-electron chi connectivity index (χ2n) is 4.15. The lowest BCUT2D eigenvalue weighted by Gasteiger charge is -2.11. The molecule has 0 unspecified atom stereocenters. The molecule has 21 heavy (non-hydrogen) atoms. The second-order valence-corrected chi connectivity index (χ2v) is 5.41.